The van der Waals surface area contributed by atoms with Crippen LogP contribution in [0.2, 0.25) is 0 Å². The standard InChI is InChI=1S/C11H12N4O2/c12-9-3-1-2-8(6-9)10-7-15(14-13-10)5-4-11(16)17/h1-3,6-7H,4-5,12H2,(H,16,17). The molecule has 0 atom stereocenters. The lowest BCUT2D eigenvalue weighted by Crippen LogP contribution is -2.04. The van der Waals surface area contributed by atoms with E-state index in [1.54, 1.807) is 18.3 Å². The van der Waals surface area contributed by atoms with Gasteiger partial charge in [-0.25, -0.2) is 0 Å². The molecule has 88 valence electrons. The molecule has 0 saturated carbocycles. The van der Waals surface area contributed by atoms with Gasteiger partial charge in [0.1, 0.15) is 5.69 Å². The maximum absolute atomic E-state index is 10.4. The van der Waals surface area contributed by atoms with Gasteiger partial charge in [0.2, 0.25) is 0 Å². The fourth-order valence-electron chi connectivity index (χ4n) is 1.45. The van der Waals surface area contributed by atoms with Gasteiger partial charge in [-0.15, -0.1) is 5.10 Å². The lowest BCUT2D eigenvalue weighted by Gasteiger charge is -1.97. The first kappa shape index (κ1) is 11.1. The number of anilines is 1. The predicted octanol–water partition coefficient (Wildman–Crippen LogP) is 1.00. The monoisotopic (exact) mass is 232 g/mol. The Morgan fingerprint density at radius 2 is 2.29 bits per heavy atom. The Morgan fingerprint density at radius 1 is 1.47 bits per heavy atom. The number of nitrogen functional groups attached to an aromatic ring is 1. The summed E-state index contributed by atoms with van der Waals surface area (Å²) in [5.41, 5.74) is 7.87. The van der Waals surface area contributed by atoms with Crippen LogP contribution in [0.4, 0.5) is 5.69 Å². The number of carboxylic acid groups (broad SMARTS) is 1. The third-order valence-corrected chi connectivity index (χ3v) is 2.28. The lowest BCUT2D eigenvalue weighted by molar-refractivity contribution is -0.137. The minimum Gasteiger partial charge on any atom is -0.481 e. The van der Waals surface area contributed by atoms with Gasteiger partial charge in [-0.2, -0.15) is 0 Å². The highest BCUT2D eigenvalue weighted by atomic mass is 16.4. The molecule has 6 nitrogen and oxygen atoms in total. The number of hydrogen-bond acceptors (Lipinski definition) is 4. The van der Waals surface area contributed by atoms with E-state index >= 15 is 0 Å². The van der Waals surface area contributed by atoms with Gasteiger partial charge >= 0.3 is 5.97 Å². The zero-order chi connectivity index (χ0) is 12.3. The summed E-state index contributed by atoms with van der Waals surface area (Å²) >= 11 is 0. The first-order chi connectivity index (χ1) is 8.15. The molecule has 0 bridgehead atoms. The van der Waals surface area contributed by atoms with E-state index in [1.165, 1.54) is 4.68 Å². The van der Waals surface area contributed by atoms with E-state index in [2.05, 4.69) is 10.3 Å². The number of aryl methyl sites for hydroxylation is 1. The highest BCUT2D eigenvalue weighted by Crippen LogP contribution is 2.18. The average Bonchev–Trinajstić information content (AvgIpc) is 2.75. The predicted molar refractivity (Wildman–Crippen MR) is 62.1 cm³/mol. The van der Waals surface area contributed by atoms with E-state index in [1.807, 2.05) is 12.1 Å². The number of carbonyl (C=O) groups is 1. The number of nitrogens with zero attached hydrogens (tertiary/aromatic N) is 3. The topological polar surface area (TPSA) is 94.0 Å². The van der Waals surface area contributed by atoms with E-state index in [9.17, 15) is 4.79 Å². The van der Waals surface area contributed by atoms with Crippen molar-refractivity contribution in [3.05, 3.63) is 30.5 Å². The number of rotatable bonds is 4. The summed E-state index contributed by atoms with van der Waals surface area (Å²) in [5, 5.41) is 16.4. The zero-order valence-electron chi connectivity index (χ0n) is 9.08. The molecule has 0 aliphatic rings. The van der Waals surface area contributed by atoms with Gasteiger partial charge in [0.15, 0.2) is 0 Å². The summed E-state index contributed by atoms with van der Waals surface area (Å²) in [4.78, 5) is 10.4. The summed E-state index contributed by atoms with van der Waals surface area (Å²) in [6.07, 6.45) is 1.73. The normalized spacial score (nSPS) is 10.4. The second kappa shape index (κ2) is 4.65. The van der Waals surface area contributed by atoms with Crippen molar-refractivity contribution in [3.63, 3.8) is 0 Å². The molecule has 0 fully saturated rings. The Hall–Kier alpha value is -2.37. The van der Waals surface area contributed by atoms with Crippen molar-refractivity contribution in [3.8, 4) is 11.3 Å². The maximum atomic E-state index is 10.4. The van der Waals surface area contributed by atoms with E-state index in [0.717, 1.165) is 5.56 Å². The van der Waals surface area contributed by atoms with Gasteiger partial charge in [0.05, 0.1) is 19.2 Å². The van der Waals surface area contributed by atoms with Crippen molar-refractivity contribution in [1.29, 1.82) is 0 Å². The van der Waals surface area contributed by atoms with Crippen molar-refractivity contribution in [2.45, 2.75) is 13.0 Å². The van der Waals surface area contributed by atoms with Gasteiger partial charge < -0.3 is 10.8 Å². The summed E-state index contributed by atoms with van der Waals surface area (Å²) in [7, 11) is 0. The average molecular weight is 232 g/mol. The van der Waals surface area contributed by atoms with E-state index in [0.29, 0.717) is 17.9 Å². The second-order valence-corrected chi connectivity index (χ2v) is 3.64. The molecule has 1 aromatic carbocycles. The van der Waals surface area contributed by atoms with Crippen LogP contribution >= 0.6 is 0 Å². The Bertz CT molecular complexity index is 536. The molecule has 6 heteroatoms. The van der Waals surface area contributed by atoms with Crippen LogP contribution in [0.5, 0.6) is 0 Å². The van der Waals surface area contributed by atoms with Crippen LogP contribution in [0.15, 0.2) is 30.5 Å². The largest absolute Gasteiger partial charge is 0.481 e. The van der Waals surface area contributed by atoms with Crippen LogP contribution in [0.25, 0.3) is 11.3 Å². The smallest absolute Gasteiger partial charge is 0.305 e. The van der Waals surface area contributed by atoms with Crippen LogP contribution in [0.3, 0.4) is 0 Å². The van der Waals surface area contributed by atoms with Crippen LogP contribution < -0.4 is 5.73 Å². The minimum atomic E-state index is -0.856. The molecular formula is C11H12N4O2. The summed E-state index contributed by atoms with van der Waals surface area (Å²) in [5.74, 6) is -0.856. The Morgan fingerprint density at radius 3 is 3.00 bits per heavy atom. The number of hydrogen-bond donors (Lipinski definition) is 2. The molecule has 0 radical (unpaired) electrons. The first-order valence-electron chi connectivity index (χ1n) is 5.13. The van der Waals surface area contributed by atoms with Crippen molar-refractivity contribution in [2.24, 2.45) is 0 Å². The van der Waals surface area contributed by atoms with E-state index in [-0.39, 0.29) is 6.42 Å². The van der Waals surface area contributed by atoms with Crippen LogP contribution in [-0.2, 0) is 11.3 Å². The molecule has 0 unspecified atom stereocenters. The number of nitrogens with two attached hydrogens (primary N) is 1. The van der Waals surface area contributed by atoms with Gasteiger partial charge in [0, 0.05) is 11.3 Å². The number of aromatic nitrogens is 3. The zero-order valence-corrected chi connectivity index (χ0v) is 9.08. The fourth-order valence-corrected chi connectivity index (χ4v) is 1.45. The molecule has 2 aromatic rings. The Balaban J connectivity index is 2.15. The molecule has 0 saturated heterocycles. The van der Waals surface area contributed by atoms with E-state index in [4.69, 9.17) is 10.8 Å². The quantitative estimate of drug-likeness (QED) is 0.767. The Kier molecular flexibility index (Phi) is 3.04. The van der Waals surface area contributed by atoms with Crippen molar-refractivity contribution < 1.29 is 9.90 Å². The molecule has 17 heavy (non-hydrogen) atoms. The summed E-state index contributed by atoms with van der Waals surface area (Å²) < 4.78 is 1.51. The maximum Gasteiger partial charge on any atom is 0.305 e. The number of carboxylic acids is 1. The van der Waals surface area contributed by atoms with Crippen LogP contribution in [-0.4, -0.2) is 26.1 Å². The molecular weight excluding hydrogens is 220 g/mol. The molecule has 0 amide bonds. The fraction of sp³-hybridized carbons (Fsp3) is 0.182. The first-order valence-corrected chi connectivity index (χ1v) is 5.13. The lowest BCUT2D eigenvalue weighted by atomic mass is 10.1. The number of aliphatic carboxylic acids is 1. The van der Waals surface area contributed by atoms with Crippen molar-refractivity contribution in [2.75, 3.05) is 5.73 Å². The number of benzene rings is 1. The van der Waals surface area contributed by atoms with Crippen molar-refractivity contribution >= 4 is 11.7 Å². The van der Waals surface area contributed by atoms with Crippen LogP contribution in [0.1, 0.15) is 6.42 Å². The van der Waals surface area contributed by atoms with Gasteiger partial charge in [0.25, 0.3) is 0 Å². The second-order valence-electron chi connectivity index (χ2n) is 3.64. The third-order valence-electron chi connectivity index (χ3n) is 2.28. The Labute approximate surface area is 97.7 Å². The van der Waals surface area contributed by atoms with Crippen molar-refractivity contribution in [1.82, 2.24) is 15.0 Å². The third kappa shape index (κ3) is 2.81. The molecule has 0 aliphatic carbocycles. The summed E-state index contributed by atoms with van der Waals surface area (Å²) in [6, 6.07) is 7.30. The molecule has 0 aliphatic heterocycles. The highest BCUT2D eigenvalue weighted by molar-refractivity contribution is 5.66. The van der Waals surface area contributed by atoms with Crippen LogP contribution in [0, 0.1) is 0 Å². The van der Waals surface area contributed by atoms with Gasteiger partial charge in [-0.1, -0.05) is 17.3 Å². The molecule has 1 aromatic heterocycles. The molecule has 1 heterocycles. The molecule has 0 spiro atoms. The molecule has 2 rings (SSSR count). The minimum absolute atomic E-state index is 0.0275. The van der Waals surface area contributed by atoms with Gasteiger partial charge in [-0.05, 0) is 12.1 Å². The molecule has 3 N–H and O–H groups in total. The van der Waals surface area contributed by atoms with E-state index < -0.39 is 5.97 Å². The summed E-state index contributed by atoms with van der Waals surface area (Å²) in [6.45, 7) is 0.310. The highest BCUT2D eigenvalue weighted by Gasteiger charge is 2.05. The van der Waals surface area contributed by atoms with Gasteiger partial charge in [-0.3, -0.25) is 9.48 Å². The SMILES string of the molecule is Nc1cccc(-c2cn(CCC(=O)O)nn2)c1.